The summed E-state index contributed by atoms with van der Waals surface area (Å²) < 4.78 is 0. The first-order valence-electron chi connectivity index (χ1n) is 5.96. The Balaban J connectivity index is 2.32. The van der Waals surface area contributed by atoms with Crippen molar-refractivity contribution in [3.8, 4) is 0 Å². The standard InChI is InChI=1S/C15H17ClN2/c1-18(12-7-3-2-4-8-12)15(11-17)13-9-5-6-10-14(13)16/h2-10,15H,11,17H2,1H3. The van der Waals surface area contributed by atoms with Gasteiger partial charge in [-0.15, -0.1) is 0 Å². The Morgan fingerprint density at radius 1 is 1.06 bits per heavy atom. The van der Waals surface area contributed by atoms with E-state index in [9.17, 15) is 0 Å². The third-order valence-corrected chi connectivity index (χ3v) is 3.46. The normalized spacial score (nSPS) is 12.2. The quantitative estimate of drug-likeness (QED) is 0.912. The minimum absolute atomic E-state index is 0.0844. The number of anilines is 1. The molecule has 0 fully saturated rings. The van der Waals surface area contributed by atoms with Crippen LogP contribution in [0.15, 0.2) is 54.6 Å². The fourth-order valence-electron chi connectivity index (χ4n) is 2.08. The molecule has 0 aromatic heterocycles. The summed E-state index contributed by atoms with van der Waals surface area (Å²) in [7, 11) is 2.04. The highest BCUT2D eigenvalue weighted by atomic mass is 35.5. The molecule has 18 heavy (non-hydrogen) atoms. The van der Waals surface area contributed by atoms with Crippen LogP contribution in [0.2, 0.25) is 5.02 Å². The van der Waals surface area contributed by atoms with Crippen molar-refractivity contribution >= 4 is 17.3 Å². The lowest BCUT2D eigenvalue weighted by molar-refractivity contribution is 0.681. The lowest BCUT2D eigenvalue weighted by Gasteiger charge is -2.30. The molecule has 0 amide bonds. The predicted molar refractivity (Wildman–Crippen MR) is 78.1 cm³/mol. The van der Waals surface area contributed by atoms with Gasteiger partial charge in [-0.05, 0) is 23.8 Å². The van der Waals surface area contributed by atoms with E-state index in [1.165, 1.54) is 0 Å². The number of hydrogen-bond acceptors (Lipinski definition) is 2. The van der Waals surface area contributed by atoms with Crippen LogP contribution >= 0.6 is 11.6 Å². The Hall–Kier alpha value is -1.51. The second kappa shape index (κ2) is 5.89. The molecule has 2 nitrogen and oxygen atoms in total. The van der Waals surface area contributed by atoms with Crippen molar-refractivity contribution in [3.05, 3.63) is 65.2 Å². The minimum Gasteiger partial charge on any atom is -0.366 e. The summed E-state index contributed by atoms with van der Waals surface area (Å²) in [4.78, 5) is 2.15. The van der Waals surface area contributed by atoms with Crippen LogP contribution in [0.5, 0.6) is 0 Å². The number of nitrogens with two attached hydrogens (primary N) is 1. The van der Waals surface area contributed by atoms with E-state index in [2.05, 4.69) is 17.0 Å². The van der Waals surface area contributed by atoms with Crippen LogP contribution in [0.25, 0.3) is 0 Å². The van der Waals surface area contributed by atoms with E-state index in [1.54, 1.807) is 0 Å². The molecule has 2 aromatic carbocycles. The van der Waals surface area contributed by atoms with Crippen LogP contribution in [0, 0.1) is 0 Å². The minimum atomic E-state index is 0.0844. The summed E-state index contributed by atoms with van der Waals surface area (Å²) in [5.74, 6) is 0. The van der Waals surface area contributed by atoms with Crippen molar-refractivity contribution in [2.75, 3.05) is 18.5 Å². The Bertz CT molecular complexity index is 499. The van der Waals surface area contributed by atoms with Gasteiger partial charge in [0.15, 0.2) is 0 Å². The largest absolute Gasteiger partial charge is 0.366 e. The SMILES string of the molecule is CN(c1ccccc1)C(CN)c1ccccc1Cl. The molecule has 1 atom stereocenters. The first kappa shape index (κ1) is 12.9. The van der Waals surface area contributed by atoms with Gasteiger partial charge in [-0.1, -0.05) is 48.0 Å². The highest BCUT2D eigenvalue weighted by molar-refractivity contribution is 6.31. The van der Waals surface area contributed by atoms with Gasteiger partial charge in [-0.2, -0.15) is 0 Å². The van der Waals surface area contributed by atoms with E-state index in [0.29, 0.717) is 6.54 Å². The monoisotopic (exact) mass is 260 g/mol. The molecule has 2 rings (SSSR count). The molecule has 0 spiro atoms. The Morgan fingerprint density at radius 2 is 1.67 bits per heavy atom. The highest BCUT2D eigenvalue weighted by Crippen LogP contribution is 2.29. The molecule has 0 heterocycles. The number of nitrogens with zero attached hydrogens (tertiary/aromatic N) is 1. The average Bonchev–Trinajstić information content (AvgIpc) is 2.42. The van der Waals surface area contributed by atoms with Crippen LogP contribution in [0.4, 0.5) is 5.69 Å². The zero-order chi connectivity index (χ0) is 13.0. The van der Waals surface area contributed by atoms with Gasteiger partial charge in [0.1, 0.15) is 0 Å². The van der Waals surface area contributed by atoms with Gasteiger partial charge in [0.25, 0.3) is 0 Å². The molecule has 0 bridgehead atoms. The van der Waals surface area contributed by atoms with Crippen LogP contribution in [0.1, 0.15) is 11.6 Å². The number of benzene rings is 2. The molecule has 3 heteroatoms. The molecular weight excluding hydrogens is 244 g/mol. The third-order valence-electron chi connectivity index (χ3n) is 3.12. The van der Waals surface area contributed by atoms with Gasteiger partial charge in [0, 0.05) is 24.3 Å². The van der Waals surface area contributed by atoms with Crippen LogP contribution in [-0.4, -0.2) is 13.6 Å². The number of rotatable bonds is 4. The van der Waals surface area contributed by atoms with E-state index in [-0.39, 0.29) is 6.04 Å². The van der Waals surface area contributed by atoms with Crippen molar-refractivity contribution in [2.24, 2.45) is 5.73 Å². The summed E-state index contributed by atoms with van der Waals surface area (Å²) in [5, 5.41) is 0.760. The average molecular weight is 261 g/mol. The van der Waals surface area contributed by atoms with Crippen molar-refractivity contribution in [3.63, 3.8) is 0 Å². The molecule has 2 N–H and O–H groups in total. The maximum atomic E-state index is 6.25. The first-order valence-corrected chi connectivity index (χ1v) is 6.34. The van der Waals surface area contributed by atoms with Crippen molar-refractivity contribution < 1.29 is 0 Å². The van der Waals surface area contributed by atoms with E-state index in [4.69, 9.17) is 17.3 Å². The molecule has 1 unspecified atom stereocenters. The third kappa shape index (κ3) is 2.66. The molecule has 0 aliphatic heterocycles. The van der Waals surface area contributed by atoms with Gasteiger partial charge < -0.3 is 10.6 Å². The van der Waals surface area contributed by atoms with Crippen molar-refractivity contribution in [1.29, 1.82) is 0 Å². The van der Waals surface area contributed by atoms with Gasteiger partial charge in [-0.3, -0.25) is 0 Å². The predicted octanol–water partition coefficient (Wildman–Crippen LogP) is 3.48. The van der Waals surface area contributed by atoms with E-state index in [0.717, 1.165) is 16.3 Å². The molecule has 0 saturated carbocycles. The van der Waals surface area contributed by atoms with Crippen LogP contribution < -0.4 is 10.6 Å². The van der Waals surface area contributed by atoms with E-state index in [1.807, 2.05) is 49.5 Å². The zero-order valence-corrected chi connectivity index (χ0v) is 11.1. The van der Waals surface area contributed by atoms with Crippen molar-refractivity contribution in [2.45, 2.75) is 6.04 Å². The fraction of sp³-hybridized carbons (Fsp3) is 0.200. The van der Waals surface area contributed by atoms with Gasteiger partial charge >= 0.3 is 0 Å². The first-order chi connectivity index (χ1) is 8.74. The fourth-order valence-corrected chi connectivity index (χ4v) is 2.34. The maximum Gasteiger partial charge on any atom is 0.0676 e. The molecule has 0 aliphatic carbocycles. The summed E-state index contributed by atoms with van der Waals surface area (Å²) >= 11 is 6.25. The Kier molecular flexibility index (Phi) is 4.24. The molecule has 2 aromatic rings. The second-order valence-electron chi connectivity index (χ2n) is 4.22. The zero-order valence-electron chi connectivity index (χ0n) is 10.4. The molecule has 0 radical (unpaired) electrons. The summed E-state index contributed by atoms with van der Waals surface area (Å²) in [5.41, 5.74) is 8.11. The molecule has 94 valence electrons. The topological polar surface area (TPSA) is 29.3 Å². The molecule has 0 aliphatic rings. The number of halogens is 1. The molecule has 0 saturated heterocycles. The summed E-state index contributed by atoms with van der Waals surface area (Å²) in [6.45, 7) is 0.523. The smallest absolute Gasteiger partial charge is 0.0676 e. The van der Waals surface area contributed by atoms with Crippen LogP contribution in [0.3, 0.4) is 0 Å². The Morgan fingerprint density at radius 3 is 2.28 bits per heavy atom. The molecular formula is C15H17ClN2. The van der Waals surface area contributed by atoms with Gasteiger partial charge in [-0.25, -0.2) is 0 Å². The van der Waals surface area contributed by atoms with Gasteiger partial charge in [0.2, 0.25) is 0 Å². The Labute approximate surface area is 113 Å². The van der Waals surface area contributed by atoms with Gasteiger partial charge in [0.05, 0.1) is 6.04 Å². The number of para-hydroxylation sites is 1. The van der Waals surface area contributed by atoms with E-state index < -0.39 is 0 Å². The highest BCUT2D eigenvalue weighted by Gasteiger charge is 2.17. The lowest BCUT2D eigenvalue weighted by atomic mass is 10.0. The van der Waals surface area contributed by atoms with Crippen LogP contribution in [-0.2, 0) is 0 Å². The second-order valence-corrected chi connectivity index (χ2v) is 4.63. The van der Waals surface area contributed by atoms with Crippen molar-refractivity contribution in [1.82, 2.24) is 0 Å². The maximum absolute atomic E-state index is 6.25. The lowest BCUT2D eigenvalue weighted by Crippen LogP contribution is -2.30. The van der Waals surface area contributed by atoms with E-state index >= 15 is 0 Å². The number of hydrogen-bond donors (Lipinski definition) is 1. The summed E-state index contributed by atoms with van der Waals surface area (Å²) in [6, 6.07) is 18.1. The summed E-state index contributed by atoms with van der Waals surface area (Å²) in [6.07, 6.45) is 0. The number of likely N-dealkylation sites (N-methyl/N-ethyl adjacent to an activating group) is 1.